The van der Waals surface area contributed by atoms with Crippen molar-refractivity contribution in [2.75, 3.05) is 40.0 Å². The lowest BCUT2D eigenvalue weighted by Crippen LogP contribution is -2.32. The fraction of sp³-hybridized carbons (Fsp3) is 0.529. The van der Waals surface area contributed by atoms with Gasteiger partial charge >= 0.3 is 5.97 Å². The first-order valence-electron chi connectivity index (χ1n) is 7.77. The first-order valence-corrected chi connectivity index (χ1v) is 7.77. The maximum absolute atomic E-state index is 12.0. The molecule has 0 unspecified atom stereocenters. The zero-order valence-electron chi connectivity index (χ0n) is 13.4. The number of rotatable bonds is 8. The van der Waals surface area contributed by atoms with Gasteiger partial charge in [0.25, 0.3) is 0 Å². The van der Waals surface area contributed by atoms with Crippen molar-refractivity contribution in [2.45, 2.75) is 12.8 Å². The van der Waals surface area contributed by atoms with Crippen molar-refractivity contribution < 1.29 is 24.2 Å². The summed E-state index contributed by atoms with van der Waals surface area (Å²) in [6.45, 7) is 2.50. The number of benzene rings is 1. The maximum atomic E-state index is 12.0. The standard InChI is InChI=1S/C17H23NO5/c1-22-8-9-23-12-16(19)18-7-6-14(11-18)10-13-2-4-15(5-3-13)17(20)21/h2-5,14H,6-12H2,1H3,(H,20,21)/t14-/m0/s1. The van der Waals surface area contributed by atoms with Crippen LogP contribution >= 0.6 is 0 Å². The summed E-state index contributed by atoms with van der Waals surface area (Å²) in [7, 11) is 1.60. The summed E-state index contributed by atoms with van der Waals surface area (Å²) in [5.74, 6) is -0.485. The van der Waals surface area contributed by atoms with Crippen LogP contribution in [-0.4, -0.2) is 61.9 Å². The Kier molecular flexibility index (Phi) is 6.55. The van der Waals surface area contributed by atoms with E-state index in [9.17, 15) is 9.59 Å². The molecule has 6 heteroatoms. The molecule has 0 saturated carbocycles. The Hall–Kier alpha value is -1.92. The second-order valence-corrected chi connectivity index (χ2v) is 5.75. The van der Waals surface area contributed by atoms with Crippen molar-refractivity contribution in [3.8, 4) is 0 Å². The van der Waals surface area contributed by atoms with E-state index in [1.54, 1.807) is 19.2 Å². The van der Waals surface area contributed by atoms with Crippen LogP contribution in [-0.2, 0) is 20.7 Å². The van der Waals surface area contributed by atoms with Crippen LogP contribution < -0.4 is 0 Å². The van der Waals surface area contributed by atoms with E-state index < -0.39 is 5.97 Å². The highest BCUT2D eigenvalue weighted by molar-refractivity contribution is 5.87. The van der Waals surface area contributed by atoms with Crippen LogP contribution in [0.3, 0.4) is 0 Å². The number of carboxylic acid groups (broad SMARTS) is 1. The van der Waals surface area contributed by atoms with E-state index >= 15 is 0 Å². The highest BCUT2D eigenvalue weighted by Gasteiger charge is 2.26. The van der Waals surface area contributed by atoms with E-state index in [0.717, 1.165) is 31.5 Å². The lowest BCUT2D eigenvalue weighted by atomic mass is 9.98. The van der Waals surface area contributed by atoms with Gasteiger partial charge in [-0.2, -0.15) is 0 Å². The molecule has 1 atom stereocenters. The topological polar surface area (TPSA) is 76.1 Å². The molecule has 1 aromatic rings. The third-order valence-electron chi connectivity index (χ3n) is 4.02. The molecular weight excluding hydrogens is 298 g/mol. The normalized spacial score (nSPS) is 17.4. The van der Waals surface area contributed by atoms with Gasteiger partial charge in [-0.05, 0) is 36.5 Å². The molecule has 2 rings (SSSR count). The van der Waals surface area contributed by atoms with E-state index in [-0.39, 0.29) is 12.5 Å². The predicted octanol–water partition coefficient (Wildman–Crippen LogP) is 1.44. The quantitative estimate of drug-likeness (QED) is 0.733. The van der Waals surface area contributed by atoms with E-state index in [2.05, 4.69) is 0 Å². The van der Waals surface area contributed by atoms with Crippen molar-refractivity contribution in [1.82, 2.24) is 4.90 Å². The minimum absolute atomic E-state index is 0.0184. The molecule has 0 aliphatic carbocycles. The number of carbonyl (C=O) groups excluding carboxylic acids is 1. The number of carbonyl (C=O) groups is 2. The maximum Gasteiger partial charge on any atom is 0.335 e. The highest BCUT2D eigenvalue weighted by Crippen LogP contribution is 2.21. The van der Waals surface area contributed by atoms with Crippen molar-refractivity contribution in [2.24, 2.45) is 5.92 Å². The van der Waals surface area contributed by atoms with E-state index in [1.165, 1.54) is 0 Å². The molecule has 1 aromatic carbocycles. The summed E-state index contributed by atoms with van der Waals surface area (Å²) < 4.78 is 10.1. The summed E-state index contributed by atoms with van der Waals surface area (Å²) in [6, 6.07) is 6.95. The molecular formula is C17H23NO5. The molecule has 6 nitrogen and oxygen atoms in total. The Morgan fingerprint density at radius 2 is 2.00 bits per heavy atom. The van der Waals surface area contributed by atoms with E-state index in [4.69, 9.17) is 14.6 Å². The Morgan fingerprint density at radius 1 is 1.26 bits per heavy atom. The summed E-state index contributed by atoms with van der Waals surface area (Å²) >= 11 is 0. The Balaban J connectivity index is 1.76. The largest absolute Gasteiger partial charge is 0.478 e. The number of nitrogens with zero attached hydrogens (tertiary/aromatic N) is 1. The molecule has 1 aliphatic rings. The molecule has 1 aliphatic heterocycles. The average Bonchev–Trinajstić information content (AvgIpc) is 3.00. The van der Waals surface area contributed by atoms with Crippen LogP contribution in [0.15, 0.2) is 24.3 Å². The van der Waals surface area contributed by atoms with Gasteiger partial charge in [0, 0.05) is 20.2 Å². The smallest absolute Gasteiger partial charge is 0.335 e. The molecule has 1 saturated heterocycles. The summed E-state index contributed by atoms with van der Waals surface area (Å²) in [5, 5.41) is 8.90. The van der Waals surface area contributed by atoms with Gasteiger partial charge in [0.15, 0.2) is 0 Å². The van der Waals surface area contributed by atoms with Crippen molar-refractivity contribution in [3.05, 3.63) is 35.4 Å². The van der Waals surface area contributed by atoms with Crippen LogP contribution in [0, 0.1) is 5.92 Å². The molecule has 1 N–H and O–H groups in total. The number of aromatic carboxylic acids is 1. The van der Waals surface area contributed by atoms with Crippen LogP contribution in [0.5, 0.6) is 0 Å². The minimum atomic E-state index is -0.914. The number of hydrogen-bond donors (Lipinski definition) is 1. The summed E-state index contributed by atoms with van der Waals surface area (Å²) in [4.78, 5) is 24.7. The Morgan fingerprint density at radius 3 is 2.65 bits per heavy atom. The van der Waals surface area contributed by atoms with Gasteiger partial charge < -0.3 is 19.5 Å². The number of likely N-dealkylation sites (tertiary alicyclic amines) is 1. The number of ether oxygens (including phenoxy) is 2. The molecule has 1 heterocycles. The zero-order valence-corrected chi connectivity index (χ0v) is 13.4. The molecule has 0 aromatic heterocycles. The lowest BCUT2D eigenvalue weighted by molar-refractivity contribution is -0.135. The fourth-order valence-corrected chi connectivity index (χ4v) is 2.74. The second kappa shape index (κ2) is 8.64. The SMILES string of the molecule is COCCOCC(=O)N1CC[C@@H](Cc2ccc(C(=O)O)cc2)C1. The van der Waals surface area contributed by atoms with Crippen LogP contribution in [0.2, 0.25) is 0 Å². The molecule has 1 fully saturated rings. The van der Waals surface area contributed by atoms with Gasteiger partial charge in [-0.25, -0.2) is 4.79 Å². The monoisotopic (exact) mass is 321 g/mol. The first-order chi connectivity index (χ1) is 11.1. The Bertz CT molecular complexity index is 528. The van der Waals surface area contributed by atoms with Crippen molar-refractivity contribution in [1.29, 1.82) is 0 Å². The third kappa shape index (κ3) is 5.33. The molecule has 0 spiro atoms. The van der Waals surface area contributed by atoms with Crippen molar-refractivity contribution in [3.63, 3.8) is 0 Å². The molecule has 23 heavy (non-hydrogen) atoms. The van der Waals surface area contributed by atoms with E-state index in [0.29, 0.717) is 24.7 Å². The number of amides is 1. The average molecular weight is 321 g/mol. The number of hydrogen-bond acceptors (Lipinski definition) is 4. The highest BCUT2D eigenvalue weighted by atomic mass is 16.5. The van der Waals surface area contributed by atoms with Gasteiger partial charge in [0.05, 0.1) is 18.8 Å². The summed E-state index contributed by atoms with van der Waals surface area (Å²) in [6.07, 6.45) is 1.82. The first kappa shape index (κ1) is 17.4. The molecule has 126 valence electrons. The molecule has 0 radical (unpaired) electrons. The predicted molar refractivity (Wildman–Crippen MR) is 84.5 cm³/mol. The number of carboxylic acids is 1. The number of methoxy groups -OCH3 is 1. The van der Waals surface area contributed by atoms with Crippen molar-refractivity contribution >= 4 is 11.9 Å². The van der Waals surface area contributed by atoms with Gasteiger partial charge in [0.2, 0.25) is 5.91 Å². The lowest BCUT2D eigenvalue weighted by Gasteiger charge is -2.16. The Labute approximate surface area is 136 Å². The van der Waals surface area contributed by atoms with Gasteiger partial charge in [-0.15, -0.1) is 0 Å². The van der Waals surface area contributed by atoms with Crippen LogP contribution in [0.25, 0.3) is 0 Å². The second-order valence-electron chi connectivity index (χ2n) is 5.75. The third-order valence-corrected chi connectivity index (χ3v) is 4.02. The minimum Gasteiger partial charge on any atom is -0.478 e. The molecule has 0 bridgehead atoms. The van der Waals surface area contributed by atoms with Gasteiger partial charge in [-0.1, -0.05) is 12.1 Å². The fourth-order valence-electron chi connectivity index (χ4n) is 2.74. The van der Waals surface area contributed by atoms with Crippen LogP contribution in [0.1, 0.15) is 22.3 Å². The molecule has 1 amide bonds. The van der Waals surface area contributed by atoms with E-state index in [1.807, 2.05) is 17.0 Å². The van der Waals surface area contributed by atoms with Gasteiger partial charge in [0.1, 0.15) is 6.61 Å². The zero-order chi connectivity index (χ0) is 16.7. The summed E-state index contributed by atoms with van der Waals surface area (Å²) in [5.41, 5.74) is 1.40. The van der Waals surface area contributed by atoms with Gasteiger partial charge in [-0.3, -0.25) is 4.79 Å². The van der Waals surface area contributed by atoms with Crippen LogP contribution in [0.4, 0.5) is 0 Å².